The number of fused-ring (bicyclic) bond motifs is 1. The molecule has 2 unspecified atom stereocenters. The standard InChI is InChI=1S/C13H23NO/c1-4-8-13(9-5-1)10-14-11-6-2-3-7-12(11)15-13/h11-12,14H,1-10H2. The third kappa shape index (κ3) is 1.94. The number of morpholine rings is 1. The van der Waals surface area contributed by atoms with Crippen molar-refractivity contribution in [2.24, 2.45) is 0 Å². The van der Waals surface area contributed by atoms with Crippen molar-refractivity contribution in [2.45, 2.75) is 75.5 Å². The fourth-order valence-electron chi connectivity index (χ4n) is 3.64. The quantitative estimate of drug-likeness (QED) is 0.662. The van der Waals surface area contributed by atoms with Crippen molar-refractivity contribution in [3.63, 3.8) is 0 Å². The summed E-state index contributed by atoms with van der Waals surface area (Å²) in [6.07, 6.45) is 12.7. The smallest absolute Gasteiger partial charge is 0.0810 e. The Morgan fingerprint density at radius 2 is 1.73 bits per heavy atom. The van der Waals surface area contributed by atoms with Crippen LogP contribution in [0.2, 0.25) is 0 Å². The highest BCUT2D eigenvalue weighted by molar-refractivity contribution is 4.96. The van der Waals surface area contributed by atoms with E-state index in [1.807, 2.05) is 0 Å². The number of rotatable bonds is 0. The van der Waals surface area contributed by atoms with Crippen LogP contribution in [0.25, 0.3) is 0 Å². The summed E-state index contributed by atoms with van der Waals surface area (Å²) in [5.41, 5.74) is 0.233. The predicted molar refractivity (Wildman–Crippen MR) is 60.9 cm³/mol. The summed E-state index contributed by atoms with van der Waals surface area (Å²) in [6.45, 7) is 1.12. The van der Waals surface area contributed by atoms with E-state index in [-0.39, 0.29) is 5.60 Å². The first-order valence-corrected chi connectivity index (χ1v) is 6.79. The van der Waals surface area contributed by atoms with E-state index in [9.17, 15) is 0 Å². The van der Waals surface area contributed by atoms with Crippen LogP contribution < -0.4 is 5.32 Å². The molecule has 3 aliphatic rings. The zero-order chi connectivity index (χ0) is 10.1. The molecule has 1 aliphatic heterocycles. The van der Waals surface area contributed by atoms with Crippen LogP contribution in [0.5, 0.6) is 0 Å². The van der Waals surface area contributed by atoms with Crippen molar-refractivity contribution in [3.05, 3.63) is 0 Å². The molecule has 2 atom stereocenters. The predicted octanol–water partition coefficient (Wildman–Crippen LogP) is 2.62. The molecule has 0 aromatic rings. The Kier molecular flexibility index (Phi) is 2.73. The second kappa shape index (κ2) is 4.06. The van der Waals surface area contributed by atoms with E-state index in [2.05, 4.69) is 5.32 Å². The van der Waals surface area contributed by atoms with Crippen molar-refractivity contribution in [2.75, 3.05) is 6.54 Å². The van der Waals surface area contributed by atoms with Gasteiger partial charge in [-0.05, 0) is 25.7 Å². The Balaban J connectivity index is 1.68. The fourth-order valence-corrected chi connectivity index (χ4v) is 3.64. The fraction of sp³-hybridized carbons (Fsp3) is 1.00. The van der Waals surface area contributed by atoms with Crippen LogP contribution in [0.1, 0.15) is 57.8 Å². The molecule has 86 valence electrons. The Labute approximate surface area is 92.8 Å². The van der Waals surface area contributed by atoms with Crippen molar-refractivity contribution in [3.8, 4) is 0 Å². The monoisotopic (exact) mass is 209 g/mol. The highest BCUT2D eigenvalue weighted by atomic mass is 16.5. The molecule has 1 spiro atoms. The van der Waals surface area contributed by atoms with Crippen LogP contribution in [-0.4, -0.2) is 24.3 Å². The average molecular weight is 209 g/mol. The molecular weight excluding hydrogens is 186 g/mol. The third-order valence-corrected chi connectivity index (χ3v) is 4.56. The van der Waals surface area contributed by atoms with Gasteiger partial charge in [0.05, 0.1) is 11.7 Å². The van der Waals surface area contributed by atoms with Gasteiger partial charge in [-0.3, -0.25) is 0 Å². The third-order valence-electron chi connectivity index (χ3n) is 4.56. The lowest BCUT2D eigenvalue weighted by atomic mass is 9.80. The van der Waals surface area contributed by atoms with E-state index < -0.39 is 0 Å². The van der Waals surface area contributed by atoms with Crippen LogP contribution in [-0.2, 0) is 4.74 Å². The number of ether oxygens (including phenoxy) is 1. The maximum absolute atomic E-state index is 6.46. The molecule has 2 heteroatoms. The summed E-state index contributed by atoms with van der Waals surface area (Å²) >= 11 is 0. The first-order valence-electron chi connectivity index (χ1n) is 6.79. The molecule has 2 saturated carbocycles. The Hall–Kier alpha value is -0.0800. The molecule has 0 aromatic heterocycles. The SMILES string of the molecule is C1CCC2(CC1)CNC1CCCCC1O2. The van der Waals surface area contributed by atoms with E-state index in [4.69, 9.17) is 4.74 Å². The lowest BCUT2D eigenvalue weighted by molar-refractivity contribution is -0.159. The summed E-state index contributed by atoms with van der Waals surface area (Å²) in [5.74, 6) is 0. The van der Waals surface area contributed by atoms with E-state index >= 15 is 0 Å². The number of hydrogen-bond donors (Lipinski definition) is 1. The Bertz CT molecular complexity index is 223. The van der Waals surface area contributed by atoms with Gasteiger partial charge in [0.25, 0.3) is 0 Å². The molecule has 1 N–H and O–H groups in total. The van der Waals surface area contributed by atoms with Gasteiger partial charge in [0.15, 0.2) is 0 Å². The highest BCUT2D eigenvalue weighted by Gasteiger charge is 2.42. The molecule has 0 amide bonds. The summed E-state index contributed by atoms with van der Waals surface area (Å²) in [7, 11) is 0. The lowest BCUT2D eigenvalue weighted by Crippen LogP contribution is -2.60. The van der Waals surface area contributed by atoms with Gasteiger partial charge in [-0.1, -0.05) is 32.1 Å². The Morgan fingerprint density at radius 3 is 2.60 bits per heavy atom. The minimum absolute atomic E-state index is 0.233. The number of nitrogens with one attached hydrogen (secondary N) is 1. The average Bonchev–Trinajstić information content (AvgIpc) is 2.30. The summed E-state index contributed by atoms with van der Waals surface area (Å²) in [6, 6.07) is 0.673. The summed E-state index contributed by atoms with van der Waals surface area (Å²) < 4.78 is 6.46. The van der Waals surface area contributed by atoms with Gasteiger partial charge >= 0.3 is 0 Å². The topological polar surface area (TPSA) is 21.3 Å². The van der Waals surface area contributed by atoms with Crippen LogP contribution >= 0.6 is 0 Å². The van der Waals surface area contributed by atoms with Gasteiger partial charge in [0, 0.05) is 12.6 Å². The van der Waals surface area contributed by atoms with E-state index in [0.717, 1.165) is 6.54 Å². The van der Waals surface area contributed by atoms with Crippen molar-refractivity contribution in [1.29, 1.82) is 0 Å². The molecule has 0 bridgehead atoms. The molecule has 15 heavy (non-hydrogen) atoms. The van der Waals surface area contributed by atoms with Gasteiger partial charge in [0.2, 0.25) is 0 Å². The van der Waals surface area contributed by atoms with Crippen molar-refractivity contribution in [1.82, 2.24) is 5.32 Å². The van der Waals surface area contributed by atoms with E-state index in [1.165, 1.54) is 57.8 Å². The molecule has 3 fully saturated rings. The van der Waals surface area contributed by atoms with Gasteiger partial charge in [-0.15, -0.1) is 0 Å². The van der Waals surface area contributed by atoms with Gasteiger partial charge in [0.1, 0.15) is 0 Å². The summed E-state index contributed by atoms with van der Waals surface area (Å²) in [4.78, 5) is 0. The molecule has 3 rings (SSSR count). The normalized spacial score (nSPS) is 40.0. The van der Waals surface area contributed by atoms with Crippen LogP contribution in [0, 0.1) is 0 Å². The molecular formula is C13H23NO. The van der Waals surface area contributed by atoms with E-state index in [0.29, 0.717) is 12.1 Å². The van der Waals surface area contributed by atoms with Crippen LogP contribution in [0.15, 0.2) is 0 Å². The second-order valence-electron chi connectivity index (χ2n) is 5.67. The minimum atomic E-state index is 0.233. The molecule has 1 saturated heterocycles. The minimum Gasteiger partial charge on any atom is -0.369 e. The zero-order valence-corrected chi connectivity index (χ0v) is 9.63. The molecule has 1 heterocycles. The molecule has 2 aliphatic carbocycles. The first-order chi connectivity index (χ1) is 7.38. The van der Waals surface area contributed by atoms with Crippen LogP contribution in [0.4, 0.5) is 0 Å². The summed E-state index contributed by atoms with van der Waals surface area (Å²) in [5, 5.41) is 3.76. The maximum atomic E-state index is 6.46. The molecule has 0 aromatic carbocycles. The first kappa shape index (κ1) is 10.1. The van der Waals surface area contributed by atoms with Crippen molar-refractivity contribution >= 4 is 0 Å². The van der Waals surface area contributed by atoms with Crippen LogP contribution in [0.3, 0.4) is 0 Å². The molecule has 2 nitrogen and oxygen atoms in total. The molecule has 0 radical (unpaired) electrons. The zero-order valence-electron chi connectivity index (χ0n) is 9.63. The van der Waals surface area contributed by atoms with Gasteiger partial charge in [-0.2, -0.15) is 0 Å². The Morgan fingerprint density at radius 1 is 0.933 bits per heavy atom. The highest BCUT2D eigenvalue weighted by Crippen LogP contribution is 2.38. The maximum Gasteiger partial charge on any atom is 0.0810 e. The largest absolute Gasteiger partial charge is 0.369 e. The van der Waals surface area contributed by atoms with E-state index in [1.54, 1.807) is 0 Å². The number of hydrogen-bond acceptors (Lipinski definition) is 2. The van der Waals surface area contributed by atoms with Gasteiger partial charge in [-0.25, -0.2) is 0 Å². The lowest BCUT2D eigenvalue weighted by Gasteiger charge is -2.49. The second-order valence-corrected chi connectivity index (χ2v) is 5.67. The van der Waals surface area contributed by atoms with Gasteiger partial charge < -0.3 is 10.1 Å². The van der Waals surface area contributed by atoms with Crippen molar-refractivity contribution < 1.29 is 4.74 Å².